The number of phenolic OH excluding ortho intramolecular Hbond substituents is 1. The maximum absolute atomic E-state index is 9.64. The van der Waals surface area contributed by atoms with Gasteiger partial charge in [-0.25, -0.2) is 0 Å². The van der Waals surface area contributed by atoms with Crippen molar-refractivity contribution in [3.05, 3.63) is 22.2 Å². The van der Waals surface area contributed by atoms with Gasteiger partial charge in [0.05, 0.1) is 17.8 Å². The van der Waals surface area contributed by atoms with Gasteiger partial charge in [-0.05, 0) is 52.8 Å². The molecule has 0 amide bonds. The van der Waals surface area contributed by atoms with Crippen LogP contribution in [-0.4, -0.2) is 30.1 Å². The van der Waals surface area contributed by atoms with E-state index in [0.717, 1.165) is 12.1 Å². The Morgan fingerprint density at radius 2 is 2.33 bits per heavy atom. The standard InChI is InChI=1S/C11H14BrN3O2S/c1-3-13-11(18)15-14-6-7-4-8(12)10(16)9(5-7)17-2/h4-6,16H,3H2,1-2H3,(H2,13,15,18)/b14-6+. The Kier molecular flexibility index (Phi) is 5.87. The molecule has 1 aromatic rings. The van der Waals surface area contributed by atoms with Crippen molar-refractivity contribution in [2.75, 3.05) is 13.7 Å². The minimum absolute atomic E-state index is 0.0609. The smallest absolute Gasteiger partial charge is 0.186 e. The number of phenols is 1. The van der Waals surface area contributed by atoms with Crippen LogP contribution < -0.4 is 15.5 Å². The largest absolute Gasteiger partial charge is 0.503 e. The Bertz CT molecular complexity index is 466. The fourth-order valence-electron chi connectivity index (χ4n) is 1.19. The first-order valence-electron chi connectivity index (χ1n) is 5.21. The first-order valence-corrected chi connectivity index (χ1v) is 6.42. The molecule has 0 saturated carbocycles. The van der Waals surface area contributed by atoms with Gasteiger partial charge >= 0.3 is 0 Å². The van der Waals surface area contributed by atoms with Crippen LogP contribution in [0.1, 0.15) is 12.5 Å². The summed E-state index contributed by atoms with van der Waals surface area (Å²) in [5.41, 5.74) is 3.44. The van der Waals surface area contributed by atoms with E-state index < -0.39 is 0 Å². The zero-order valence-corrected chi connectivity index (χ0v) is 12.4. The summed E-state index contributed by atoms with van der Waals surface area (Å²) in [6.45, 7) is 2.68. The van der Waals surface area contributed by atoms with Crippen LogP contribution in [0.15, 0.2) is 21.7 Å². The van der Waals surface area contributed by atoms with Gasteiger partial charge in [0.25, 0.3) is 0 Å². The third-order valence-electron chi connectivity index (χ3n) is 1.99. The molecule has 0 bridgehead atoms. The molecule has 0 saturated heterocycles. The lowest BCUT2D eigenvalue weighted by Crippen LogP contribution is -2.31. The van der Waals surface area contributed by atoms with Gasteiger partial charge in [0.2, 0.25) is 0 Å². The highest BCUT2D eigenvalue weighted by Gasteiger charge is 2.07. The molecule has 0 aromatic heterocycles. The van der Waals surface area contributed by atoms with Crippen molar-refractivity contribution < 1.29 is 9.84 Å². The van der Waals surface area contributed by atoms with Gasteiger partial charge in [-0.3, -0.25) is 5.43 Å². The maximum atomic E-state index is 9.64. The number of benzene rings is 1. The number of hydrazone groups is 1. The predicted molar refractivity (Wildman–Crippen MR) is 79.4 cm³/mol. The fourth-order valence-corrected chi connectivity index (χ4v) is 1.85. The zero-order chi connectivity index (χ0) is 13.5. The SMILES string of the molecule is CCNC(=S)N/N=C/c1cc(Br)c(O)c(OC)c1. The maximum Gasteiger partial charge on any atom is 0.186 e. The Labute approximate surface area is 119 Å². The topological polar surface area (TPSA) is 65.9 Å². The molecule has 1 aromatic carbocycles. The monoisotopic (exact) mass is 331 g/mol. The van der Waals surface area contributed by atoms with E-state index in [1.807, 2.05) is 6.92 Å². The first kappa shape index (κ1) is 14.7. The molecule has 0 heterocycles. The number of thiocarbonyl (C=S) groups is 1. The number of hydrogen-bond donors (Lipinski definition) is 3. The summed E-state index contributed by atoms with van der Waals surface area (Å²) < 4.78 is 5.57. The Balaban J connectivity index is 2.76. The van der Waals surface area contributed by atoms with Crippen molar-refractivity contribution >= 4 is 39.5 Å². The third-order valence-corrected chi connectivity index (χ3v) is 2.83. The third kappa shape index (κ3) is 4.15. The van der Waals surface area contributed by atoms with E-state index in [-0.39, 0.29) is 5.75 Å². The summed E-state index contributed by atoms with van der Waals surface area (Å²) in [5.74, 6) is 0.436. The number of ether oxygens (including phenoxy) is 1. The molecule has 7 heteroatoms. The Morgan fingerprint density at radius 3 is 2.94 bits per heavy atom. The molecule has 0 spiro atoms. The van der Waals surface area contributed by atoms with Gasteiger partial charge in [0.15, 0.2) is 16.6 Å². The van der Waals surface area contributed by atoms with Gasteiger partial charge in [0.1, 0.15) is 0 Å². The van der Waals surface area contributed by atoms with E-state index >= 15 is 0 Å². The van der Waals surface area contributed by atoms with Crippen LogP contribution in [0.3, 0.4) is 0 Å². The normalized spacial score (nSPS) is 10.4. The van der Waals surface area contributed by atoms with Crippen molar-refractivity contribution in [2.45, 2.75) is 6.92 Å². The molecule has 0 aliphatic carbocycles. The van der Waals surface area contributed by atoms with Gasteiger partial charge in [0, 0.05) is 6.54 Å². The fraction of sp³-hybridized carbons (Fsp3) is 0.273. The molecule has 0 radical (unpaired) electrons. The molecule has 0 aliphatic heterocycles. The van der Waals surface area contributed by atoms with Crippen LogP contribution in [0.4, 0.5) is 0 Å². The minimum atomic E-state index is 0.0609. The number of nitrogens with one attached hydrogen (secondary N) is 2. The molecule has 18 heavy (non-hydrogen) atoms. The van der Waals surface area contributed by atoms with Crippen LogP contribution in [0, 0.1) is 0 Å². The summed E-state index contributed by atoms with van der Waals surface area (Å²) >= 11 is 8.19. The van der Waals surface area contributed by atoms with Crippen LogP contribution in [0.2, 0.25) is 0 Å². The van der Waals surface area contributed by atoms with E-state index in [2.05, 4.69) is 31.8 Å². The second kappa shape index (κ2) is 7.17. The highest BCUT2D eigenvalue weighted by atomic mass is 79.9. The first-order chi connectivity index (χ1) is 8.58. The summed E-state index contributed by atoms with van der Waals surface area (Å²) in [4.78, 5) is 0. The molecular weight excluding hydrogens is 318 g/mol. The molecule has 0 atom stereocenters. The lowest BCUT2D eigenvalue weighted by atomic mass is 10.2. The molecule has 1 rings (SSSR count). The second-order valence-corrected chi connectivity index (χ2v) is 4.55. The number of aromatic hydroxyl groups is 1. The molecule has 0 unspecified atom stereocenters. The molecule has 3 N–H and O–H groups in total. The van der Waals surface area contributed by atoms with Crippen molar-refractivity contribution in [3.63, 3.8) is 0 Å². The average Bonchev–Trinajstić information content (AvgIpc) is 2.33. The molecular formula is C11H14BrN3O2S. The molecule has 0 aliphatic rings. The van der Waals surface area contributed by atoms with Gasteiger partial charge in [-0.2, -0.15) is 5.10 Å². The van der Waals surface area contributed by atoms with Crippen LogP contribution in [-0.2, 0) is 0 Å². The van der Waals surface area contributed by atoms with Gasteiger partial charge in [-0.1, -0.05) is 0 Å². The van der Waals surface area contributed by atoms with Crippen molar-refractivity contribution in [3.8, 4) is 11.5 Å². The molecule has 5 nitrogen and oxygen atoms in total. The Morgan fingerprint density at radius 1 is 1.61 bits per heavy atom. The Hall–Kier alpha value is -1.34. The van der Waals surface area contributed by atoms with E-state index in [1.54, 1.807) is 18.3 Å². The summed E-state index contributed by atoms with van der Waals surface area (Å²) in [6, 6.07) is 3.39. The number of rotatable bonds is 4. The number of nitrogens with zero attached hydrogens (tertiary/aromatic N) is 1. The van der Waals surface area contributed by atoms with Crippen LogP contribution >= 0.6 is 28.1 Å². The van der Waals surface area contributed by atoms with E-state index in [1.165, 1.54) is 7.11 Å². The number of methoxy groups -OCH3 is 1. The van der Waals surface area contributed by atoms with E-state index in [0.29, 0.717) is 15.3 Å². The van der Waals surface area contributed by atoms with Crippen molar-refractivity contribution in [2.24, 2.45) is 5.10 Å². The van der Waals surface area contributed by atoms with Crippen LogP contribution in [0.25, 0.3) is 0 Å². The van der Waals surface area contributed by atoms with Gasteiger partial charge in [-0.15, -0.1) is 0 Å². The summed E-state index contributed by atoms with van der Waals surface area (Å²) in [6.07, 6.45) is 1.58. The van der Waals surface area contributed by atoms with Crippen molar-refractivity contribution in [1.82, 2.24) is 10.7 Å². The highest BCUT2D eigenvalue weighted by molar-refractivity contribution is 9.10. The summed E-state index contributed by atoms with van der Waals surface area (Å²) in [5, 5.41) is 17.0. The van der Waals surface area contributed by atoms with E-state index in [9.17, 15) is 5.11 Å². The second-order valence-electron chi connectivity index (χ2n) is 3.28. The number of halogens is 1. The quantitative estimate of drug-likeness (QED) is 0.447. The average molecular weight is 332 g/mol. The zero-order valence-electron chi connectivity index (χ0n) is 10.0. The lowest BCUT2D eigenvalue weighted by Gasteiger charge is -2.06. The predicted octanol–water partition coefficient (Wildman–Crippen LogP) is 1.98. The van der Waals surface area contributed by atoms with E-state index in [4.69, 9.17) is 17.0 Å². The van der Waals surface area contributed by atoms with Gasteiger partial charge < -0.3 is 15.2 Å². The van der Waals surface area contributed by atoms with Crippen molar-refractivity contribution in [1.29, 1.82) is 0 Å². The highest BCUT2D eigenvalue weighted by Crippen LogP contribution is 2.34. The number of hydrogen-bond acceptors (Lipinski definition) is 4. The summed E-state index contributed by atoms with van der Waals surface area (Å²) in [7, 11) is 1.49. The lowest BCUT2D eigenvalue weighted by molar-refractivity contribution is 0.372. The van der Waals surface area contributed by atoms with Crippen LogP contribution in [0.5, 0.6) is 11.5 Å². The minimum Gasteiger partial charge on any atom is -0.503 e. The molecule has 98 valence electrons. The molecule has 0 fully saturated rings.